The SMILES string of the molecule is O=C1COc2cc(S(=O)(=O)N3CCCC3)c(Cl)cc2N1. The molecule has 20 heavy (non-hydrogen) atoms. The fourth-order valence-electron chi connectivity index (χ4n) is 2.35. The first-order valence-corrected chi connectivity index (χ1v) is 8.06. The van der Waals surface area contributed by atoms with Gasteiger partial charge < -0.3 is 10.1 Å². The third-order valence-corrected chi connectivity index (χ3v) is 5.71. The Morgan fingerprint density at radius 3 is 2.65 bits per heavy atom. The minimum atomic E-state index is -3.61. The molecule has 0 aromatic heterocycles. The fourth-order valence-corrected chi connectivity index (χ4v) is 4.38. The second-order valence-corrected chi connectivity index (χ2v) is 7.04. The highest BCUT2D eigenvalue weighted by atomic mass is 35.5. The average molecular weight is 317 g/mol. The molecule has 8 heteroatoms. The molecule has 0 bridgehead atoms. The summed E-state index contributed by atoms with van der Waals surface area (Å²) >= 11 is 6.06. The number of ether oxygens (including phenoxy) is 1. The molecule has 6 nitrogen and oxygen atoms in total. The molecule has 2 aliphatic rings. The fraction of sp³-hybridized carbons (Fsp3) is 0.417. The molecule has 0 radical (unpaired) electrons. The third kappa shape index (κ3) is 2.25. The Balaban J connectivity index is 2.04. The standard InChI is InChI=1S/C12H13ClN2O4S/c13-8-5-9-10(19-7-12(16)14-9)6-11(8)20(17,18)15-3-1-2-4-15/h5-6H,1-4,7H2,(H,14,16). The molecule has 1 fully saturated rings. The van der Waals surface area contributed by atoms with Crippen molar-refractivity contribution in [3.63, 3.8) is 0 Å². The van der Waals surface area contributed by atoms with Crippen molar-refractivity contribution < 1.29 is 17.9 Å². The molecule has 1 amide bonds. The van der Waals surface area contributed by atoms with Crippen molar-refractivity contribution in [3.05, 3.63) is 17.2 Å². The second-order valence-electron chi connectivity index (χ2n) is 4.73. The van der Waals surface area contributed by atoms with Crippen LogP contribution in [0.25, 0.3) is 0 Å². The lowest BCUT2D eigenvalue weighted by Gasteiger charge is -2.21. The highest BCUT2D eigenvalue weighted by molar-refractivity contribution is 7.89. The van der Waals surface area contributed by atoms with Crippen LogP contribution in [0, 0.1) is 0 Å². The summed E-state index contributed by atoms with van der Waals surface area (Å²) in [7, 11) is -3.61. The summed E-state index contributed by atoms with van der Waals surface area (Å²) in [6.07, 6.45) is 1.71. The Morgan fingerprint density at radius 2 is 1.95 bits per heavy atom. The Morgan fingerprint density at radius 1 is 1.25 bits per heavy atom. The number of sulfonamides is 1. The van der Waals surface area contributed by atoms with Crippen LogP contribution in [0.3, 0.4) is 0 Å². The van der Waals surface area contributed by atoms with Crippen molar-refractivity contribution in [2.45, 2.75) is 17.7 Å². The molecule has 2 heterocycles. The summed E-state index contributed by atoms with van der Waals surface area (Å²) in [5.41, 5.74) is 0.395. The van der Waals surface area contributed by atoms with Gasteiger partial charge in [-0.15, -0.1) is 0 Å². The average Bonchev–Trinajstić information content (AvgIpc) is 2.92. The van der Waals surface area contributed by atoms with E-state index in [-0.39, 0.29) is 22.4 Å². The Hall–Kier alpha value is -1.31. The van der Waals surface area contributed by atoms with Gasteiger partial charge in [-0.25, -0.2) is 8.42 Å². The summed E-state index contributed by atoms with van der Waals surface area (Å²) in [6, 6.07) is 2.79. The number of hydrogen-bond donors (Lipinski definition) is 1. The third-order valence-electron chi connectivity index (χ3n) is 3.35. The quantitative estimate of drug-likeness (QED) is 0.896. The van der Waals surface area contributed by atoms with Gasteiger partial charge in [0.15, 0.2) is 6.61 Å². The first kappa shape index (κ1) is 13.7. The van der Waals surface area contributed by atoms with Crippen LogP contribution in [0.4, 0.5) is 5.69 Å². The maximum Gasteiger partial charge on any atom is 0.262 e. The Labute approximate surface area is 121 Å². The number of nitrogens with zero attached hydrogens (tertiary/aromatic N) is 1. The molecular formula is C12H13ClN2O4S. The van der Waals surface area contributed by atoms with E-state index in [2.05, 4.69) is 5.32 Å². The smallest absolute Gasteiger partial charge is 0.262 e. The van der Waals surface area contributed by atoms with Crippen molar-refractivity contribution in [2.75, 3.05) is 25.0 Å². The minimum absolute atomic E-state index is 0.0240. The largest absolute Gasteiger partial charge is 0.482 e. The predicted molar refractivity (Wildman–Crippen MR) is 73.6 cm³/mol. The lowest BCUT2D eigenvalue weighted by atomic mass is 10.2. The first-order chi connectivity index (χ1) is 9.48. The lowest BCUT2D eigenvalue weighted by Crippen LogP contribution is -2.29. The Bertz CT molecular complexity index is 668. The molecule has 1 aromatic rings. The van der Waals surface area contributed by atoms with Crippen LogP contribution in [0.2, 0.25) is 5.02 Å². The molecule has 1 N–H and O–H groups in total. The molecule has 108 valence electrons. The summed E-state index contributed by atoms with van der Waals surface area (Å²) in [5, 5.41) is 2.68. The summed E-state index contributed by atoms with van der Waals surface area (Å²) in [5.74, 6) is 0.0375. The highest BCUT2D eigenvalue weighted by Gasteiger charge is 2.31. The lowest BCUT2D eigenvalue weighted by molar-refractivity contribution is -0.118. The number of amides is 1. The van der Waals surface area contributed by atoms with Gasteiger partial charge in [0, 0.05) is 19.2 Å². The van der Waals surface area contributed by atoms with Gasteiger partial charge in [-0.3, -0.25) is 4.79 Å². The molecule has 0 saturated carbocycles. The van der Waals surface area contributed by atoms with Crippen molar-refractivity contribution in [1.29, 1.82) is 0 Å². The van der Waals surface area contributed by atoms with E-state index in [0.29, 0.717) is 24.5 Å². The van der Waals surface area contributed by atoms with E-state index >= 15 is 0 Å². The maximum absolute atomic E-state index is 12.5. The number of rotatable bonds is 2. The van der Waals surface area contributed by atoms with Crippen LogP contribution >= 0.6 is 11.6 Å². The molecule has 0 atom stereocenters. The maximum atomic E-state index is 12.5. The van der Waals surface area contributed by atoms with Crippen LogP contribution in [0.1, 0.15) is 12.8 Å². The van der Waals surface area contributed by atoms with Crippen LogP contribution in [0.5, 0.6) is 5.75 Å². The molecule has 0 unspecified atom stereocenters. The van der Waals surface area contributed by atoms with Gasteiger partial charge in [0.2, 0.25) is 10.0 Å². The number of anilines is 1. The van der Waals surface area contributed by atoms with Gasteiger partial charge in [0.05, 0.1) is 10.7 Å². The van der Waals surface area contributed by atoms with Gasteiger partial charge in [-0.05, 0) is 18.9 Å². The normalized spacial score (nSPS) is 19.4. The number of carbonyl (C=O) groups excluding carboxylic acids is 1. The van der Waals surface area contributed by atoms with E-state index in [1.54, 1.807) is 0 Å². The van der Waals surface area contributed by atoms with E-state index in [1.807, 2.05) is 0 Å². The zero-order valence-corrected chi connectivity index (χ0v) is 12.1. The zero-order valence-electron chi connectivity index (χ0n) is 10.6. The van der Waals surface area contributed by atoms with Crippen LogP contribution < -0.4 is 10.1 Å². The number of carbonyl (C=O) groups is 1. The zero-order chi connectivity index (χ0) is 14.3. The number of nitrogens with one attached hydrogen (secondary N) is 1. The number of fused-ring (bicyclic) bond motifs is 1. The monoisotopic (exact) mass is 316 g/mol. The van der Waals surface area contributed by atoms with Crippen molar-refractivity contribution in [2.24, 2.45) is 0 Å². The Kier molecular flexibility index (Phi) is 3.35. The van der Waals surface area contributed by atoms with Crippen LogP contribution in [0.15, 0.2) is 17.0 Å². The first-order valence-electron chi connectivity index (χ1n) is 6.25. The van der Waals surface area contributed by atoms with E-state index in [0.717, 1.165) is 12.8 Å². The molecule has 2 aliphatic heterocycles. The van der Waals surface area contributed by atoms with Gasteiger partial charge in [0.1, 0.15) is 10.6 Å². The molecule has 0 aliphatic carbocycles. The van der Waals surface area contributed by atoms with E-state index < -0.39 is 10.0 Å². The van der Waals surface area contributed by atoms with Crippen molar-refractivity contribution >= 4 is 33.2 Å². The predicted octanol–water partition coefficient (Wildman–Crippen LogP) is 1.46. The molecule has 0 spiro atoms. The highest BCUT2D eigenvalue weighted by Crippen LogP contribution is 2.37. The summed E-state index contributed by atoms with van der Waals surface area (Å²) < 4.78 is 31.7. The minimum Gasteiger partial charge on any atom is -0.482 e. The van der Waals surface area contributed by atoms with Crippen molar-refractivity contribution in [1.82, 2.24) is 4.31 Å². The van der Waals surface area contributed by atoms with Gasteiger partial charge in [-0.1, -0.05) is 11.6 Å². The van der Waals surface area contributed by atoms with E-state index in [4.69, 9.17) is 16.3 Å². The van der Waals surface area contributed by atoms with Gasteiger partial charge in [-0.2, -0.15) is 4.31 Å². The molecule has 1 aromatic carbocycles. The number of benzene rings is 1. The molecule has 1 saturated heterocycles. The van der Waals surface area contributed by atoms with E-state index in [1.165, 1.54) is 16.4 Å². The number of halogens is 1. The second kappa shape index (κ2) is 4.91. The number of hydrogen-bond acceptors (Lipinski definition) is 4. The topological polar surface area (TPSA) is 75.7 Å². The van der Waals surface area contributed by atoms with Crippen LogP contribution in [-0.2, 0) is 14.8 Å². The van der Waals surface area contributed by atoms with E-state index in [9.17, 15) is 13.2 Å². The van der Waals surface area contributed by atoms with Gasteiger partial charge in [0.25, 0.3) is 5.91 Å². The summed E-state index contributed by atoms with van der Waals surface area (Å²) in [4.78, 5) is 11.2. The molecular weight excluding hydrogens is 304 g/mol. The summed E-state index contributed by atoms with van der Waals surface area (Å²) in [6.45, 7) is 0.887. The van der Waals surface area contributed by atoms with Crippen molar-refractivity contribution in [3.8, 4) is 5.75 Å². The molecule has 3 rings (SSSR count). The van der Waals surface area contributed by atoms with Gasteiger partial charge >= 0.3 is 0 Å². The van der Waals surface area contributed by atoms with Crippen LogP contribution in [-0.4, -0.2) is 38.3 Å².